The summed E-state index contributed by atoms with van der Waals surface area (Å²) in [7, 11) is 0. The number of aliphatic hydroxyl groups excluding tert-OH is 2. The Labute approximate surface area is 193 Å². The number of anilines is 2. The molecule has 1 aliphatic heterocycles. The van der Waals surface area contributed by atoms with Crippen LogP contribution in [0.3, 0.4) is 0 Å². The molecule has 0 radical (unpaired) electrons. The highest BCUT2D eigenvalue weighted by Gasteiger charge is 2.30. The number of halogens is 2. The van der Waals surface area contributed by atoms with E-state index in [1.54, 1.807) is 21.9 Å². The van der Waals surface area contributed by atoms with Gasteiger partial charge in [0.05, 0.1) is 22.9 Å². The molecule has 11 heteroatoms. The van der Waals surface area contributed by atoms with Crippen LogP contribution in [-0.2, 0) is 6.42 Å². The summed E-state index contributed by atoms with van der Waals surface area (Å²) in [5.74, 6) is -0.284. The van der Waals surface area contributed by atoms with Gasteiger partial charge in [0.2, 0.25) is 0 Å². The molecule has 4 rings (SSSR count). The van der Waals surface area contributed by atoms with Crippen molar-refractivity contribution in [3.8, 4) is 0 Å². The van der Waals surface area contributed by atoms with Crippen LogP contribution in [-0.4, -0.2) is 69.5 Å². The highest BCUT2D eigenvalue weighted by atomic mass is 35.5. The van der Waals surface area contributed by atoms with Crippen molar-refractivity contribution >= 4 is 50.1 Å². The zero-order chi connectivity index (χ0) is 22.8. The average molecular weight is 480 g/mol. The molecule has 3 aromatic rings. The average Bonchev–Trinajstić information content (AvgIpc) is 3.14. The summed E-state index contributed by atoms with van der Waals surface area (Å²) in [4.78, 5) is 24.9. The van der Waals surface area contributed by atoms with Gasteiger partial charge < -0.3 is 20.0 Å². The van der Waals surface area contributed by atoms with Crippen LogP contribution in [0.25, 0.3) is 10.2 Å². The number of carbonyl (C=O) groups excluding carboxylic acids is 1. The number of hydrogen-bond acceptors (Lipinski definition) is 7. The van der Waals surface area contributed by atoms with Gasteiger partial charge in [-0.3, -0.25) is 5.32 Å². The summed E-state index contributed by atoms with van der Waals surface area (Å²) in [5.41, 5.74) is 1.24. The summed E-state index contributed by atoms with van der Waals surface area (Å²) in [6, 6.07) is 6.29. The number of piperazine rings is 1. The number of hydrogen-bond donors (Lipinski definition) is 3. The molecule has 32 heavy (non-hydrogen) atoms. The molecule has 2 amide bonds. The topological polar surface area (TPSA) is 102 Å². The molecule has 1 fully saturated rings. The van der Waals surface area contributed by atoms with Crippen molar-refractivity contribution in [1.82, 2.24) is 14.9 Å². The molecule has 3 heterocycles. The quantitative estimate of drug-likeness (QED) is 0.519. The Hall–Kier alpha value is -2.53. The predicted octanol–water partition coefficient (Wildman–Crippen LogP) is 3.12. The van der Waals surface area contributed by atoms with E-state index in [1.807, 2.05) is 13.0 Å². The summed E-state index contributed by atoms with van der Waals surface area (Å²) >= 11 is 7.37. The third kappa shape index (κ3) is 4.93. The van der Waals surface area contributed by atoms with Crippen LogP contribution in [0.1, 0.15) is 12.5 Å². The third-order valence-corrected chi connectivity index (χ3v) is 6.50. The van der Waals surface area contributed by atoms with Crippen LogP contribution in [0.15, 0.2) is 30.5 Å². The molecule has 0 bridgehead atoms. The second-order valence-corrected chi connectivity index (χ2v) is 9.21. The smallest absolute Gasteiger partial charge is 0.324 e. The van der Waals surface area contributed by atoms with E-state index in [-0.39, 0.29) is 24.3 Å². The Morgan fingerprint density at radius 2 is 2.22 bits per heavy atom. The number of aromatic nitrogens is 2. The maximum atomic E-state index is 14.6. The molecule has 0 spiro atoms. The van der Waals surface area contributed by atoms with E-state index in [0.29, 0.717) is 35.4 Å². The zero-order valence-electron chi connectivity index (χ0n) is 17.3. The lowest BCUT2D eigenvalue weighted by Gasteiger charge is -2.40. The Balaban J connectivity index is 1.39. The minimum atomic E-state index is -0.948. The van der Waals surface area contributed by atoms with Crippen molar-refractivity contribution in [2.75, 3.05) is 36.5 Å². The van der Waals surface area contributed by atoms with Crippen LogP contribution in [0.4, 0.5) is 20.1 Å². The minimum absolute atomic E-state index is 0.128. The Morgan fingerprint density at radius 3 is 2.94 bits per heavy atom. The summed E-state index contributed by atoms with van der Waals surface area (Å²) < 4.78 is 15.6. The first-order valence-corrected chi connectivity index (χ1v) is 11.4. The summed E-state index contributed by atoms with van der Waals surface area (Å²) in [5, 5.41) is 22.4. The van der Waals surface area contributed by atoms with Crippen molar-refractivity contribution < 1.29 is 19.4 Å². The van der Waals surface area contributed by atoms with Crippen molar-refractivity contribution in [3.63, 3.8) is 0 Å². The van der Waals surface area contributed by atoms with E-state index < -0.39 is 18.5 Å². The van der Waals surface area contributed by atoms with Crippen LogP contribution in [0.5, 0.6) is 0 Å². The lowest BCUT2D eigenvalue weighted by molar-refractivity contribution is 0.0954. The zero-order valence-corrected chi connectivity index (χ0v) is 18.9. The van der Waals surface area contributed by atoms with Gasteiger partial charge in [0.25, 0.3) is 0 Å². The molecule has 1 aliphatic rings. The largest absolute Gasteiger partial charge is 0.394 e. The van der Waals surface area contributed by atoms with Gasteiger partial charge in [-0.1, -0.05) is 22.9 Å². The molecular weight excluding hydrogens is 457 g/mol. The molecule has 0 saturated carbocycles. The third-order valence-electron chi connectivity index (χ3n) is 5.31. The van der Waals surface area contributed by atoms with Crippen molar-refractivity contribution in [1.29, 1.82) is 0 Å². The summed E-state index contributed by atoms with van der Waals surface area (Å²) in [6.45, 7) is 2.75. The number of nitrogens with zero attached hydrogens (tertiary/aromatic N) is 4. The van der Waals surface area contributed by atoms with Gasteiger partial charge in [0, 0.05) is 43.3 Å². The lowest BCUT2D eigenvalue weighted by Crippen LogP contribution is -2.55. The van der Waals surface area contributed by atoms with Gasteiger partial charge in [-0.2, -0.15) is 0 Å². The highest BCUT2D eigenvalue weighted by molar-refractivity contribution is 7.22. The number of aliphatic hydroxyl groups is 2. The molecule has 8 nitrogen and oxygen atoms in total. The molecule has 2 atom stereocenters. The fourth-order valence-electron chi connectivity index (χ4n) is 3.72. The molecule has 0 unspecified atom stereocenters. The van der Waals surface area contributed by atoms with E-state index in [0.717, 1.165) is 10.2 Å². The van der Waals surface area contributed by atoms with Crippen molar-refractivity contribution in [2.45, 2.75) is 25.5 Å². The Kier molecular flexibility index (Phi) is 6.75. The predicted molar refractivity (Wildman–Crippen MR) is 123 cm³/mol. The van der Waals surface area contributed by atoms with Gasteiger partial charge in [-0.05, 0) is 36.8 Å². The van der Waals surface area contributed by atoms with Crippen LogP contribution >= 0.6 is 22.9 Å². The van der Waals surface area contributed by atoms with Gasteiger partial charge in [0.1, 0.15) is 0 Å². The number of nitrogens with one attached hydrogen (secondary N) is 1. The van der Waals surface area contributed by atoms with Crippen molar-refractivity contribution in [2.24, 2.45) is 0 Å². The lowest BCUT2D eigenvalue weighted by atomic mass is 10.1. The molecule has 1 aromatic carbocycles. The Bertz CT molecular complexity index is 1130. The van der Waals surface area contributed by atoms with Gasteiger partial charge in [0.15, 0.2) is 16.8 Å². The van der Waals surface area contributed by atoms with Gasteiger partial charge >= 0.3 is 6.03 Å². The number of rotatable bonds is 5. The number of carbonyl (C=O) groups is 1. The monoisotopic (exact) mass is 479 g/mol. The standard InChI is InChI=1S/C21H23ClFN5O3S/c1-12-10-27(19-16(23)7-13(9-24-19)6-15(30)11-29)4-5-28(12)21(31)26-20-25-17-8-14(22)2-3-18(17)32-20/h2-3,7-9,12,15,29-30H,4-6,10-11H2,1H3,(H,25,26,31)/t12-,15+/m0/s1. The number of fused-ring (bicyclic) bond motifs is 1. The molecule has 1 saturated heterocycles. The van der Waals surface area contributed by atoms with E-state index in [9.17, 15) is 14.3 Å². The normalized spacial score (nSPS) is 17.6. The maximum absolute atomic E-state index is 14.6. The van der Waals surface area contributed by atoms with E-state index in [4.69, 9.17) is 16.7 Å². The molecule has 170 valence electrons. The highest BCUT2D eigenvalue weighted by Crippen LogP contribution is 2.29. The minimum Gasteiger partial charge on any atom is -0.394 e. The first-order valence-electron chi connectivity index (χ1n) is 10.2. The SMILES string of the molecule is C[C@H]1CN(c2ncc(C[C@@H](O)CO)cc2F)CCN1C(=O)Nc1nc2cc(Cl)ccc2s1. The number of thiazole rings is 1. The van der Waals surface area contributed by atoms with E-state index in [2.05, 4.69) is 15.3 Å². The second kappa shape index (κ2) is 9.53. The molecule has 0 aliphatic carbocycles. The number of amides is 2. The number of pyridine rings is 1. The Morgan fingerprint density at radius 1 is 1.41 bits per heavy atom. The van der Waals surface area contributed by atoms with Crippen molar-refractivity contribution in [3.05, 3.63) is 46.9 Å². The first kappa shape index (κ1) is 22.7. The number of benzene rings is 1. The number of urea groups is 1. The second-order valence-electron chi connectivity index (χ2n) is 7.74. The van der Waals surface area contributed by atoms with E-state index in [1.165, 1.54) is 23.6 Å². The molecule has 3 N–H and O–H groups in total. The molecule has 2 aromatic heterocycles. The first-order chi connectivity index (χ1) is 15.3. The fourth-order valence-corrected chi connectivity index (χ4v) is 4.72. The molecular formula is C21H23ClFN5O3S. The van der Waals surface area contributed by atoms with Crippen LogP contribution < -0.4 is 10.2 Å². The van der Waals surface area contributed by atoms with Gasteiger partial charge in [-0.15, -0.1) is 0 Å². The maximum Gasteiger partial charge on any atom is 0.324 e. The summed E-state index contributed by atoms with van der Waals surface area (Å²) in [6.07, 6.45) is 0.681. The fraction of sp³-hybridized carbons (Fsp3) is 0.381. The van der Waals surface area contributed by atoms with Crippen LogP contribution in [0, 0.1) is 5.82 Å². The van der Waals surface area contributed by atoms with Gasteiger partial charge in [-0.25, -0.2) is 19.2 Å². The van der Waals surface area contributed by atoms with E-state index >= 15 is 0 Å². The van der Waals surface area contributed by atoms with Crippen LogP contribution in [0.2, 0.25) is 5.02 Å².